The highest BCUT2D eigenvalue weighted by Gasteiger charge is 2.72. The van der Waals surface area contributed by atoms with Gasteiger partial charge in [-0.1, -0.05) is 24.3 Å². The van der Waals surface area contributed by atoms with Crippen molar-refractivity contribution in [1.29, 1.82) is 5.26 Å². The summed E-state index contributed by atoms with van der Waals surface area (Å²) in [6.07, 6.45) is 3.03. The van der Waals surface area contributed by atoms with Crippen LogP contribution in [0.3, 0.4) is 0 Å². The molecule has 0 saturated carbocycles. The molecule has 2 bridgehead atoms. The number of benzene rings is 1. The van der Waals surface area contributed by atoms with Crippen molar-refractivity contribution in [3.63, 3.8) is 0 Å². The highest BCUT2D eigenvalue weighted by atomic mass is 16.5. The van der Waals surface area contributed by atoms with Gasteiger partial charge in [-0.2, -0.15) is 5.26 Å². The Kier molecular flexibility index (Phi) is 2.79. The molecule has 3 aliphatic rings. The minimum absolute atomic E-state index is 0.220. The van der Waals surface area contributed by atoms with Crippen LogP contribution < -0.4 is 4.90 Å². The summed E-state index contributed by atoms with van der Waals surface area (Å²) in [6, 6.07) is 9.31. The summed E-state index contributed by atoms with van der Waals surface area (Å²) in [5, 5.41) is 10.6. The second-order valence-corrected chi connectivity index (χ2v) is 7.84. The molecule has 5 rings (SSSR count). The van der Waals surface area contributed by atoms with Crippen molar-refractivity contribution in [1.82, 2.24) is 4.98 Å². The zero-order valence-corrected chi connectivity index (χ0v) is 14.5. The predicted octanol–water partition coefficient (Wildman–Crippen LogP) is 2.55. The number of fused-ring (bicyclic) bond motifs is 6. The highest BCUT2D eigenvalue weighted by Crippen LogP contribution is 2.61. The predicted molar refractivity (Wildman–Crippen MR) is 93.1 cm³/mol. The SMILES string of the molecule is CC12CCC(C)(O1)[C@H]1C(=O)N(c3cnc(C#N)c4ccccc34)C(=O)[C@H]12. The van der Waals surface area contributed by atoms with E-state index in [-0.39, 0.29) is 17.5 Å². The van der Waals surface area contributed by atoms with Gasteiger partial charge in [0, 0.05) is 10.8 Å². The number of nitriles is 1. The smallest absolute Gasteiger partial charge is 0.240 e. The van der Waals surface area contributed by atoms with E-state index in [4.69, 9.17) is 4.74 Å². The van der Waals surface area contributed by atoms with E-state index >= 15 is 0 Å². The number of aromatic nitrogens is 1. The van der Waals surface area contributed by atoms with E-state index in [9.17, 15) is 14.9 Å². The van der Waals surface area contributed by atoms with Crippen LogP contribution in [0.5, 0.6) is 0 Å². The first-order chi connectivity index (χ1) is 12.4. The third-order valence-electron chi connectivity index (χ3n) is 6.33. The molecular weight excluding hydrogens is 330 g/mol. The van der Waals surface area contributed by atoms with Crippen LogP contribution in [0.15, 0.2) is 30.5 Å². The molecule has 0 radical (unpaired) electrons. The normalized spacial score (nSPS) is 35.2. The van der Waals surface area contributed by atoms with Crippen molar-refractivity contribution < 1.29 is 14.3 Å². The van der Waals surface area contributed by atoms with Crippen LogP contribution >= 0.6 is 0 Å². The molecule has 0 aliphatic carbocycles. The fraction of sp³-hybridized carbons (Fsp3) is 0.400. The van der Waals surface area contributed by atoms with Gasteiger partial charge in [-0.25, -0.2) is 9.88 Å². The number of carbonyl (C=O) groups is 2. The standard InChI is InChI=1S/C20H17N3O3/c1-19-7-8-20(2,26-19)16-15(19)17(24)23(18(16)25)14-10-22-13(9-21)11-5-3-4-6-12(11)14/h3-6,10,15-16H,7-8H2,1-2H3/t15-,16+,19?,20?. The van der Waals surface area contributed by atoms with Crippen LogP contribution in [0.2, 0.25) is 0 Å². The number of pyridine rings is 1. The minimum atomic E-state index is -0.587. The van der Waals surface area contributed by atoms with Gasteiger partial charge in [-0.3, -0.25) is 9.59 Å². The second-order valence-electron chi connectivity index (χ2n) is 7.84. The summed E-state index contributed by atoms with van der Waals surface area (Å²) in [5.74, 6) is -1.35. The molecule has 26 heavy (non-hydrogen) atoms. The van der Waals surface area contributed by atoms with Crippen LogP contribution in [-0.4, -0.2) is 28.0 Å². The summed E-state index contributed by atoms with van der Waals surface area (Å²) < 4.78 is 6.14. The fourth-order valence-corrected chi connectivity index (χ4v) is 5.15. The van der Waals surface area contributed by atoms with Crippen LogP contribution in [0.25, 0.3) is 10.8 Å². The Labute approximate surface area is 150 Å². The average Bonchev–Trinajstić information content (AvgIpc) is 3.18. The lowest BCUT2D eigenvalue weighted by Gasteiger charge is -2.27. The van der Waals surface area contributed by atoms with E-state index in [1.165, 1.54) is 11.1 Å². The van der Waals surface area contributed by atoms with Crippen LogP contribution in [0.1, 0.15) is 32.4 Å². The maximum Gasteiger partial charge on any atom is 0.240 e. The molecule has 6 heteroatoms. The molecule has 1 aromatic carbocycles. The first-order valence-electron chi connectivity index (χ1n) is 8.75. The van der Waals surface area contributed by atoms with Crippen LogP contribution in [0, 0.1) is 23.2 Å². The molecule has 3 saturated heterocycles. The molecule has 0 spiro atoms. The van der Waals surface area contributed by atoms with Gasteiger partial charge >= 0.3 is 0 Å². The van der Waals surface area contributed by atoms with Crippen molar-refractivity contribution >= 4 is 28.3 Å². The van der Waals surface area contributed by atoms with Gasteiger partial charge in [-0.15, -0.1) is 0 Å². The number of amides is 2. The van der Waals surface area contributed by atoms with E-state index in [0.717, 1.165) is 12.8 Å². The van der Waals surface area contributed by atoms with Gasteiger partial charge in [0.1, 0.15) is 11.8 Å². The average molecular weight is 347 g/mol. The van der Waals surface area contributed by atoms with E-state index in [0.29, 0.717) is 16.5 Å². The molecule has 3 aliphatic heterocycles. The summed E-state index contributed by atoms with van der Waals surface area (Å²) in [5.41, 5.74) is -0.436. The Morgan fingerprint density at radius 1 is 1.12 bits per heavy atom. The molecule has 0 N–H and O–H groups in total. The second kappa shape index (κ2) is 4.68. The monoisotopic (exact) mass is 347 g/mol. The molecule has 2 amide bonds. The number of imide groups is 1. The molecule has 2 unspecified atom stereocenters. The largest absolute Gasteiger partial charge is 0.367 e. The molecule has 4 heterocycles. The quantitative estimate of drug-likeness (QED) is 0.740. The van der Waals surface area contributed by atoms with E-state index in [1.807, 2.05) is 32.0 Å². The van der Waals surface area contributed by atoms with Gasteiger partial charge < -0.3 is 4.74 Å². The lowest BCUT2D eigenvalue weighted by molar-refractivity contribution is -0.129. The number of ether oxygens (including phenoxy) is 1. The number of nitrogens with zero attached hydrogens (tertiary/aromatic N) is 3. The number of anilines is 1. The molecule has 2 aromatic rings. The van der Waals surface area contributed by atoms with Gasteiger partial charge in [0.2, 0.25) is 11.8 Å². The Bertz CT molecular complexity index is 1010. The zero-order chi connectivity index (χ0) is 18.3. The van der Waals surface area contributed by atoms with Crippen LogP contribution in [0.4, 0.5) is 5.69 Å². The fourth-order valence-electron chi connectivity index (χ4n) is 5.15. The van der Waals surface area contributed by atoms with E-state index < -0.39 is 23.0 Å². The molecule has 4 atom stereocenters. The Hall–Kier alpha value is -2.78. The molecule has 130 valence electrons. The lowest BCUT2D eigenvalue weighted by Crippen LogP contribution is -2.40. The van der Waals surface area contributed by atoms with Gasteiger partial charge in [0.25, 0.3) is 0 Å². The van der Waals surface area contributed by atoms with Gasteiger partial charge in [-0.05, 0) is 26.7 Å². The molecule has 1 aromatic heterocycles. The summed E-state index contributed by atoms with van der Waals surface area (Å²) in [4.78, 5) is 32.0. The van der Waals surface area contributed by atoms with Crippen molar-refractivity contribution in [2.75, 3.05) is 4.90 Å². The van der Waals surface area contributed by atoms with Crippen LogP contribution in [-0.2, 0) is 14.3 Å². The Morgan fingerprint density at radius 2 is 1.69 bits per heavy atom. The Balaban J connectivity index is 1.70. The summed E-state index contributed by atoms with van der Waals surface area (Å²) >= 11 is 0. The lowest BCUT2D eigenvalue weighted by atomic mass is 9.69. The number of hydrogen-bond acceptors (Lipinski definition) is 5. The maximum absolute atomic E-state index is 13.3. The first kappa shape index (κ1) is 15.5. The summed E-state index contributed by atoms with van der Waals surface area (Å²) in [7, 11) is 0. The highest BCUT2D eigenvalue weighted by molar-refractivity contribution is 6.26. The molecular formula is C20H17N3O3. The number of carbonyl (C=O) groups excluding carboxylic acids is 2. The van der Waals surface area contributed by atoms with Gasteiger partial charge in [0.05, 0.1) is 34.9 Å². The first-order valence-corrected chi connectivity index (χ1v) is 8.75. The van der Waals surface area contributed by atoms with E-state index in [2.05, 4.69) is 11.1 Å². The minimum Gasteiger partial charge on any atom is -0.367 e. The third kappa shape index (κ3) is 1.66. The number of hydrogen-bond donors (Lipinski definition) is 0. The third-order valence-corrected chi connectivity index (χ3v) is 6.33. The van der Waals surface area contributed by atoms with Crippen molar-refractivity contribution in [3.05, 3.63) is 36.2 Å². The van der Waals surface area contributed by atoms with E-state index in [1.54, 1.807) is 6.07 Å². The summed E-state index contributed by atoms with van der Waals surface area (Å²) in [6.45, 7) is 3.87. The molecule has 3 fully saturated rings. The number of rotatable bonds is 1. The zero-order valence-electron chi connectivity index (χ0n) is 14.5. The Morgan fingerprint density at radius 3 is 2.27 bits per heavy atom. The van der Waals surface area contributed by atoms with Gasteiger partial charge in [0.15, 0.2) is 0 Å². The topological polar surface area (TPSA) is 83.3 Å². The maximum atomic E-state index is 13.3. The molecule has 6 nitrogen and oxygen atoms in total. The van der Waals surface area contributed by atoms with Crippen molar-refractivity contribution in [3.8, 4) is 6.07 Å². The van der Waals surface area contributed by atoms with Crippen molar-refractivity contribution in [2.45, 2.75) is 37.9 Å². The van der Waals surface area contributed by atoms with Crippen molar-refractivity contribution in [2.24, 2.45) is 11.8 Å².